The van der Waals surface area contributed by atoms with E-state index in [0.717, 1.165) is 56.9 Å². The van der Waals surface area contributed by atoms with E-state index in [2.05, 4.69) is 20.5 Å². The third-order valence-corrected chi connectivity index (χ3v) is 3.77. The second-order valence-electron chi connectivity index (χ2n) is 5.40. The maximum Gasteiger partial charge on any atom is 0.191 e. The second-order valence-corrected chi connectivity index (χ2v) is 5.40. The zero-order valence-corrected chi connectivity index (χ0v) is 14.6. The van der Waals surface area contributed by atoms with Crippen LogP contribution in [0.1, 0.15) is 0 Å². The summed E-state index contributed by atoms with van der Waals surface area (Å²) in [6.07, 6.45) is 0. The van der Waals surface area contributed by atoms with Gasteiger partial charge in [0.1, 0.15) is 18.1 Å². The molecule has 1 fully saturated rings. The van der Waals surface area contributed by atoms with E-state index in [9.17, 15) is 0 Å². The molecule has 0 radical (unpaired) electrons. The molecule has 1 aromatic carbocycles. The predicted molar refractivity (Wildman–Crippen MR) is 95.1 cm³/mol. The largest absolute Gasteiger partial charge is 0.497 e. The molecule has 0 aromatic heterocycles. The maximum atomic E-state index is 5.68. The fourth-order valence-electron chi connectivity index (χ4n) is 2.39. The number of benzene rings is 1. The van der Waals surface area contributed by atoms with Crippen LogP contribution in [0.25, 0.3) is 0 Å². The van der Waals surface area contributed by atoms with Crippen LogP contribution >= 0.6 is 0 Å². The first-order valence-electron chi connectivity index (χ1n) is 8.33. The first kappa shape index (κ1) is 18.4. The molecule has 7 heteroatoms. The lowest BCUT2D eigenvalue weighted by Crippen LogP contribution is -2.45. The molecule has 0 amide bonds. The number of rotatable bonds is 8. The number of morpholine rings is 1. The number of nitrogens with one attached hydrogen (secondary N) is 2. The first-order chi connectivity index (χ1) is 11.8. The van der Waals surface area contributed by atoms with Crippen LogP contribution in [0.15, 0.2) is 29.3 Å². The minimum absolute atomic E-state index is 0.566. The van der Waals surface area contributed by atoms with Crippen molar-refractivity contribution < 1.29 is 14.2 Å². The normalized spacial score (nSPS) is 15.8. The van der Waals surface area contributed by atoms with Gasteiger partial charge in [-0.2, -0.15) is 0 Å². The standard InChI is InChI=1S/C17H28N4O3/c1-18-17(19-7-9-21-10-13-23-14-11-21)20-8-12-24-16-5-3-15(22-2)4-6-16/h3-6H,7-14H2,1-2H3,(H2,18,19,20). The van der Waals surface area contributed by atoms with Crippen molar-refractivity contribution in [1.82, 2.24) is 15.5 Å². The van der Waals surface area contributed by atoms with E-state index in [0.29, 0.717) is 13.2 Å². The van der Waals surface area contributed by atoms with Gasteiger partial charge in [-0.1, -0.05) is 0 Å². The van der Waals surface area contributed by atoms with Gasteiger partial charge in [-0.3, -0.25) is 9.89 Å². The molecule has 0 spiro atoms. The zero-order chi connectivity index (χ0) is 17.0. The molecule has 1 aliphatic rings. The van der Waals surface area contributed by atoms with Gasteiger partial charge in [0.15, 0.2) is 5.96 Å². The molecule has 2 N–H and O–H groups in total. The number of methoxy groups -OCH3 is 1. The molecular formula is C17H28N4O3. The quantitative estimate of drug-likeness (QED) is 0.411. The molecule has 1 heterocycles. The van der Waals surface area contributed by atoms with E-state index in [4.69, 9.17) is 14.2 Å². The molecule has 0 bridgehead atoms. The summed E-state index contributed by atoms with van der Waals surface area (Å²) in [4.78, 5) is 6.60. The molecule has 2 rings (SSSR count). The topological polar surface area (TPSA) is 67.4 Å². The average Bonchev–Trinajstić information content (AvgIpc) is 2.65. The molecule has 1 aromatic rings. The molecule has 1 saturated heterocycles. The van der Waals surface area contributed by atoms with Gasteiger partial charge in [0, 0.05) is 33.2 Å². The summed E-state index contributed by atoms with van der Waals surface area (Å²) in [5, 5.41) is 6.56. The lowest BCUT2D eigenvalue weighted by atomic mass is 10.3. The number of hydrogen-bond acceptors (Lipinski definition) is 5. The van der Waals surface area contributed by atoms with Crippen molar-refractivity contribution in [2.45, 2.75) is 0 Å². The van der Waals surface area contributed by atoms with Crippen LogP contribution in [0, 0.1) is 0 Å². The van der Waals surface area contributed by atoms with Gasteiger partial charge in [0.25, 0.3) is 0 Å². The average molecular weight is 336 g/mol. The van der Waals surface area contributed by atoms with E-state index in [1.165, 1.54) is 0 Å². The van der Waals surface area contributed by atoms with E-state index in [1.807, 2.05) is 24.3 Å². The van der Waals surface area contributed by atoms with Crippen LogP contribution in [0.3, 0.4) is 0 Å². The van der Waals surface area contributed by atoms with Crippen molar-refractivity contribution >= 4 is 5.96 Å². The van der Waals surface area contributed by atoms with E-state index in [-0.39, 0.29) is 0 Å². The number of hydrogen-bond donors (Lipinski definition) is 2. The highest BCUT2D eigenvalue weighted by atomic mass is 16.5. The fourth-order valence-corrected chi connectivity index (χ4v) is 2.39. The number of ether oxygens (including phenoxy) is 3. The van der Waals surface area contributed by atoms with Gasteiger partial charge in [-0.25, -0.2) is 0 Å². The Morgan fingerprint density at radius 3 is 2.46 bits per heavy atom. The van der Waals surface area contributed by atoms with Crippen molar-refractivity contribution in [3.8, 4) is 11.5 Å². The Morgan fingerprint density at radius 2 is 1.79 bits per heavy atom. The number of guanidine groups is 1. The summed E-state index contributed by atoms with van der Waals surface area (Å²) in [7, 11) is 3.42. The van der Waals surface area contributed by atoms with Crippen molar-refractivity contribution in [2.24, 2.45) is 4.99 Å². The van der Waals surface area contributed by atoms with Crippen molar-refractivity contribution in [2.75, 3.05) is 66.7 Å². The lowest BCUT2D eigenvalue weighted by molar-refractivity contribution is 0.0389. The van der Waals surface area contributed by atoms with Crippen LogP contribution in [0.5, 0.6) is 11.5 Å². The third-order valence-electron chi connectivity index (χ3n) is 3.77. The zero-order valence-electron chi connectivity index (χ0n) is 14.6. The highest BCUT2D eigenvalue weighted by Crippen LogP contribution is 2.16. The summed E-state index contributed by atoms with van der Waals surface area (Å²) in [6, 6.07) is 7.56. The van der Waals surface area contributed by atoms with Gasteiger partial charge in [-0.05, 0) is 24.3 Å². The van der Waals surface area contributed by atoms with E-state index >= 15 is 0 Å². The molecule has 1 aliphatic heterocycles. The second kappa shape index (κ2) is 10.7. The summed E-state index contributed by atoms with van der Waals surface area (Å²) in [6.45, 7) is 6.77. The van der Waals surface area contributed by atoms with Crippen LogP contribution in [0.4, 0.5) is 0 Å². The highest BCUT2D eigenvalue weighted by Gasteiger charge is 2.09. The Bertz CT molecular complexity index is 487. The summed E-state index contributed by atoms with van der Waals surface area (Å²) < 4.78 is 16.1. The van der Waals surface area contributed by atoms with Crippen molar-refractivity contribution in [3.05, 3.63) is 24.3 Å². The lowest BCUT2D eigenvalue weighted by Gasteiger charge is -2.26. The molecule has 0 atom stereocenters. The predicted octanol–water partition coefficient (Wildman–Crippen LogP) is 0.571. The molecule has 134 valence electrons. The van der Waals surface area contributed by atoms with Crippen LogP contribution in [-0.4, -0.2) is 77.6 Å². The van der Waals surface area contributed by atoms with E-state index < -0.39 is 0 Å². The number of nitrogens with zero attached hydrogens (tertiary/aromatic N) is 2. The first-order valence-corrected chi connectivity index (χ1v) is 8.33. The Labute approximate surface area is 144 Å². The highest BCUT2D eigenvalue weighted by molar-refractivity contribution is 5.79. The van der Waals surface area contributed by atoms with Gasteiger partial charge in [0.2, 0.25) is 0 Å². The van der Waals surface area contributed by atoms with Crippen LogP contribution < -0.4 is 20.1 Å². The van der Waals surface area contributed by atoms with Crippen molar-refractivity contribution in [3.63, 3.8) is 0 Å². The van der Waals surface area contributed by atoms with Gasteiger partial charge in [-0.15, -0.1) is 0 Å². The Balaban J connectivity index is 1.57. The summed E-state index contributed by atoms with van der Waals surface area (Å²) >= 11 is 0. The SMILES string of the molecule is CN=C(NCCOc1ccc(OC)cc1)NCCN1CCOCC1. The molecular weight excluding hydrogens is 308 g/mol. The Morgan fingerprint density at radius 1 is 1.12 bits per heavy atom. The minimum Gasteiger partial charge on any atom is -0.497 e. The maximum absolute atomic E-state index is 5.68. The van der Waals surface area contributed by atoms with Crippen LogP contribution in [-0.2, 0) is 4.74 Å². The van der Waals surface area contributed by atoms with Gasteiger partial charge in [0.05, 0.1) is 26.9 Å². The van der Waals surface area contributed by atoms with Crippen LogP contribution in [0.2, 0.25) is 0 Å². The molecule has 24 heavy (non-hydrogen) atoms. The molecule has 7 nitrogen and oxygen atoms in total. The summed E-state index contributed by atoms with van der Waals surface area (Å²) in [5.74, 6) is 2.44. The van der Waals surface area contributed by atoms with Crippen molar-refractivity contribution in [1.29, 1.82) is 0 Å². The van der Waals surface area contributed by atoms with Gasteiger partial charge >= 0.3 is 0 Å². The molecule has 0 saturated carbocycles. The Hall–Kier alpha value is -1.99. The summed E-state index contributed by atoms with van der Waals surface area (Å²) in [5.41, 5.74) is 0. The monoisotopic (exact) mass is 336 g/mol. The Kier molecular flexibility index (Phi) is 8.20. The number of aliphatic imine (C=N–C) groups is 1. The van der Waals surface area contributed by atoms with E-state index in [1.54, 1.807) is 14.2 Å². The fraction of sp³-hybridized carbons (Fsp3) is 0.588. The van der Waals surface area contributed by atoms with Gasteiger partial charge < -0.3 is 24.8 Å². The smallest absolute Gasteiger partial charge is 0.191 e. The third kappa shape index (κ3) is 6.64. The minimum atomic E-state index is 0.566. The molecule has 0 aliphatic carbocycles. The molecule has 0 unspecified atom stereocenters.